The molecule has 4 rings (SSSR count). The van der Waals surface area contributed by atoms with Crippen LogP contribution >= 0.6 is 0 Å². The molecule has 2 aromatic rings. The van der Waals surface area contributed by atoms with Gasteiger partial charge in [0.15, 0.2) is 17.3 Å². The number of methoxy groups -OCH3 is 1. The highest BCUT2D eigenvalue weighted by atomic mass is 16.5. The van der Waals surface area contributed by atoms with Gasteiger partial charge in [-0.3, -0.25) is 9.59 Å². The number of benzene rings is 2. The number of hydrogen-bond donors (Lipinski definition) is 2. The molecule has 2 aromatic carbocycles. The van der Waals surface area contributed by atoms with Crippen LogP contribution in [0.5, 0.6) is 11.5 Å². The molecule has 172 valence electrons. The van der Waals surface area contributed by atoms with Crippen molar-refractivity contribution in [3.63, 3.8) is 0 Å². The molecule has 2 aliphatic rings. The van der Waals surface area contributed by atoms with E-state index >= 15 is 0 Å². The van der Waals surface area contributed by atoms with Crippen molar-refractivity contribution in [2.75, 3.05) is 19.0 Å². The number of anilines is 1. The molecule has 6 nitrogen and oxygen atoms in total. The van der Waals surface area contributed by atoms with E-state index in [4.69, 9.17) is 9.47 Å². The third-order valence-corrected chi connectivity index (χ3v) is 6.23. The van der Waals surface area contributed by atoms with Crippen molar-refractivity contribution >= 4 is 17.4 Å². The molecule has 1 amide bonds. The second-order valence-corrected chi connectivity index (χ2v) is 8.38. The Balaban J connectivity index is 1.82. The molecule has 0 saturated carbocycles. The Morgan fingerprint density at radius 2 is 1.91 bits per heavy atom. The van der Waals surface area contributed by atoms with Gasteiger partial charge in [-0.2, -0.15) is 0 Å². The largest absolute Gasteiger partial charge is 0.493 e. The summed E-state index contributed by atoms with van der Waals surface area (Å²) in [6.07, 6.45) is 2.08. The summed E-state index contributed by atoms with van der Waals surface area (Å²) in [4.78, 5) is 26.7. The number of hydrogen-bond acceptors (Lipinski definition) is 5. The van der Waals surface area contributed by atoms with E-state index in [1.165, 1.54) is 0 Å². The first-order chi connectivity index (χ1) is 15.9. The number of amides is 1. The second kappa shape index (κ2) is 9.53. The van der Waals surface area contributed by atoms with Crippen LogP contribution in [-0.2, 0) is 9.59 Å². The minimum absolute atomic E-state index is 0.0790. The van der Waals surface area contributed by atoms with Crippen LogP contribution in [0.3, 0.4) is 0 Å². The number of para-hydroxylation sites is 1. The topological polar surface area (TPSA) is 76.7 Å². The number of ether oxygens (including phenoxy) is 2. The number of aryl methyl sites for hydroxylation is 1. The lowest BCUT2D eigenvalue weighted by Crippen LogP contribution is -2.35. The van der Waals surface area contributed by atoms with Crippen molar-refractivity contribution < 1.29 is 19.1 Å². The summed E-state index contributed by atoms with van der Waals surface area (Å²) in [7, 11) is 1.59. The van der Waals surface area contributed by atoms with Gasteiger partial charge in [0, 0.05) is 40.6 Å². The molecule has 1 unspecified atom stereocenters. The molecule has 0 radical (unpaired) electrons. The lowest BCUT2D eigenvalue weighted by atomic mass is 9.75. The van der Waals surface area contributed by atoms with E-state index < -0.39 is 5.92 Å². The van der Waals surface area contributed by atoms with Gasteiger partial charge >= 0.3 is 0 Å². The first-order valence-electron chi connectivity index (χ1n) is 11.4. The van der Waals surface area contributed by atoms with Gasteiger partial charge in [0.2, 0.25) is 0 Å². The minimum atomic E-state index is -0.484. The van der Waals surface area contributed by atoms with Crippen molar-refractivity contribution in [1.82, 2.24) is 5.32 Å². The lowest BCUT2D eigenvalue weighted by molar-refractivity contribution is -0.116. The highest BCUT2D eigenvalue weighted by Gasteiger charge is 2.38. The van der Waals surface area contributed by atoms with Gasteiger partial charge in [0.1, 0.15) is 0 Å². The van der Waals surface area contributed by atoms with Crippen LogP contribution in [0.15, 0.2) is 65.0 Å². The van der Waals surface area contributed by atoms with Gasteiger partial charge in [0.05, 0.1) is 13.7 Å². The Morgan fingerprint density at radius 3 is 2.64 bits per heavy atom. The zero-order valence-electron chi connectivity index (χ0n) is 19.6. The Bertz CT molecular complexity index is 1160. The summed E-state index contributed by atoms with van der Waals surface area (Å²) in [6, 6.07) is 13.3. The van der Waals surface area contributed by atoms with Crippen molar-refractivity contribution in [1.29, 1.82) is 0 Å². The fourth-order valence-corrected chi connectivity index (χ4v) is 4.66. The maximum Gasteiger partial charge on any atom is 0.254 e. The molecule has 0 spiro atoms. The van der Waals surface area contributed by atoms with Crippen molar-refractivity contribution in [3.8, 4) is 11.5 Å². The van der Waals surface area contributed by atoms with Gasteiger partial charge in [-0.05, 0) is 62.9 Å². The van der Waals surface area contributed by atoms with Crippen LogP contribution in [-0.4, -0.2) is 25.4 Å². The van der Waals surface area contributed by atoms with Crippen molar-refractivity contribution in [2.45, 2.75) is 46.0 Å². The molecule has 33 heavy (non-hydrogen) atoms. The molecular formula is C27H30N2O4. The van der Waals surface area contributed by atoms with Crippen LogP contribution < -0.4 is 20.1 Å². The molecule has 1 aliphatic heterocycles. The summed E-state index contributed by atoms with van der Waals surface area (Å²) in [6.45, 7) is 6.28. The van der Waals surface area contributed by atoms with Gasteiger partial charge in [-0.15, -0.1) is 0 Å². The molecule has 0 aromatic heterocycles. The van der Waals surface area contributed by atoms with Crippen LogP contribution in [0.2, 0.25) is 0 Å². The summed E-state index contributed by atoms with van der Waals surface area (Å²) < 4.78 is 11.2. The number of rotatable bonds is 6. The van der Waals surface area contributed by atoms with E-state index in [9.17, 15) is 9.59 Å². The molecule has 6 heteroatoms. The van der Waals surface area contributed by atoms with E-state index in [-0.39, 0.29) is 11.7 Å². The number of ketones is 1. The number of allylic oxidation sites excluding steroid dienone is 3. The molecule has 0 fully saturated rings. The monoisotopic (exact) mass is 446 g/mol. The lowest BCUT2D eigenvalue weighted by Gasteiger charge is -2.34. The summed E-state index contributed by atoms with van der Waals surface area (Å²) in [5, 5.41) is 6.42. The standard InChI is InChI=1S/C27H30N2O4/c1-5-33-22-14-13-18(15-23(22)32-4)25-24(27(31)29-19-10-7-6-9-16(19)2)17(3)28-20-11-8-12-21(30)26(20)25/h6-7,9-10,13-15,25,28H,5,8,11-12H2,1-4H3,(H,29,31). The zero-order chi connectivity index (χ0) is 23.5. The van der Waals surface area contributed by atoms with Crippen LogP contribution in [0.25, 0.3) is 0 Å². The first-order valence-corrected chi connectivity index (χ1v) is 11.4. The third kappa shape index (κ3) is 4.38. The predicted octanol–water partition coefficient (Wildman–Crippen LogP) is 5.01. The quantitative estimate of drug-likeness (QED) is 0.652. The van der Waals surface area contributed by atoms with Crippen LogP contribution in [0.4, 0.5) is 5.69 Å². The Morgan fingerprint density at radius 1 is 1.12 bits per heavy atom. The van der Waals surface area contributed by atoms with E-state index in [0.29, 0.717) is 35.7 Å². The van der Waals surface area contributed by atoms with Crippen LogP contribution in [0.1, 0.15) is 50.2 Å². The highest BCUT2D eigenvalue weighted by Crippen LogP contribution is 2.44. The van der Waals surface area contributed by atoms with E-state index in [1.807, 2.05) is 63.2 Å². The zero-order valence-corrected chi connectivity index (χ0v) is 19.6. The van der Waals surface area contributed by atoms with Gasteiger partial charge < -0.3 is 20.1 Å². The smallest absolute Gasteiger partial charge is 0.254 e. The maximum absolute atomic E-state index is 13.6. The Hall–Kier alpha value is -3.54. The Labute approximate surface area is 194 Å². The molecule has 1 heterocycles. The number of Topliss-reactive ketones (excluding diaryl/α,β-unsaturated/α-hetero) is 1. The van der Waals surface area contributed by atoms with E-state index in [1.54, 1.807) is 7.11 Å². The number of carbonyl (C=O) groups excluding carboxylic acids is 2. The molecule has 2 N–H and O–H groups in total. The normalized spacial score (nSPS) is 17.9. The maximum atomic E-state index is 13.6. The minimum Gasteiger partial charge on any atom is -0.493 e. The van der Waals surface area contributed by atoms with Crippen molar-refractivity contribution in [2.24, 2.45) is 0 Å². The highest BCUT2D eigenvalue weighted by molar-refractivity contribution is 6.10. The predicted molar refractivity (Wildman–Crippen MR) is 128 cm³/mol. The van der Waals surface area contributed by atoms with Gasteiger partial charge in [-0.25, -0.2) is 0 Å². The molecular weight excluding hydrogens is 416 g/mol. The SMILES string of the molecule is CCOc1ccc(C2C(C(=O)Nc3ccccc3C)=C(C)NC3=C2C(=O)CCC3)cc1OC. The van der Waals surface area contributed by atoms with Crippen LogP contribution in [0, 0.1) is 6.92 Å². The fraction of sp³-hybridized carbons (Fsp3) is 0.333. The number of carbonyl (C=O) groups is 2. The summed E-state index contributed by atoms with van der Waals surface area (Å²) in [5.41, 5.74) is 5.43. The third-order valence-electron chi connectivity index (χ3n) is 6.23. The van der Waals surface area contributed by atoms with Gasteiger partial charge in [-0.1, -0.05) is 24.3 Å². The molecule has 1 atom stereocenters. The van der Waals surface area contributed by atoms with Gasteiger partial charge in [0.25, 0.3) is 5.91 Å². The second-order valence-electron chi connectivity index (χ2n) is 8.38. The fourth-order valence-electron chi connectivity index (χ4n) is 4.66. The molecule has 1 aliphatic carbocycles. The number of dihydropyridines is 1. The molecule has 0 saturated heterocycles. The van der Waals surface area contributed by atoms with Crippen molar-refractivity contribution in [3.05, 3.63) is 76.1 Å². The number of nitrogens with one attached hydrogen (secondary N) is 2. The average Bonchev–Trinajstić information content (AvgIpc) is 2.80. The first kappa shape index (κ1) is 22.6. The Kier molecular flexibility index (Phi) is 6.54. The summed E-state index contributed by atoms with van der Waals surface area (Å²) in [5.74, 6) is 0.582. The average molecular weight is 447 g/mol. The summed E-state index contributed by atoms with van der Waals surface area (Å²) >= 11 is 0. The molecule has 0 bridgehead atoms. The van der Waals surface area contributed by atoms with E-state index in [2.05, 4.69) is 10.6 Å². The van der Waals surface area contributed by atoms with E-state index in [0.717, 1.165) is 41.1 Å².